The molecule has 168 valence electrons. The van der Waals surface area contributed by atoms with Gasteiger partial charge in [-0.15, -0.1) is 0 Å². The minimum atomic E-state index is -3.86. The molecule has 2 aromatic rings. The Morgan fingerprint density at radius 2 is 1.97 bits per heavy atom. The van der Waals surface area contributed by atoms with Crippen LogP contribution in [0.4, 0.5) is 0 Å². The number of aliphatic hydroxyl groups excluding tert-OH is 1. The Morgan fingerprint density at radius 1 is 1.22 bits per heavy atom. The van der Waals surface area contributed by atoms with E-state index in [1.165, 1.54) is 17.1 Å². The highest BCUT2D eigenvalue weighted by Crippen LogP contribution is 2.33. The van der Waals surface area contributed by atoms with Crippen LogP contribution >= 0.6 is 0 Å². The van der Waals surface area contributed by atoms with Gasteiger partial charge in [0.05, 0.1) is 24.6 Å². The third kappa shape index (κ3) is 4.04. The monoisotopic (exact) mass is 457 g/mol. The summed E-state index contributed by atoms with van der Waals surface area (Å²) >= 11 is 0. The summed E-state index contributed by atoms with van der Waals surface area (Å²) < 4.78 is 32.2. The number of amides is 1. The zero-order valence-electron chi connectivity index (χ0n) is 18.0. The number of benzene rings is 1. The second-order valence-corrected chi connectivity index (χ2v) is 9.81. The van der Waals surface area contributed by atoms with Crippen LogP contribution in [-0.4, -0.2) is 57.1 Å². The van der Waals surface area contributed by atoms with Crippen LogP contribution in [0.1, 0.15) is 24.2 Å². The zero-order chi connectivity index (χ0) is 23.3. The fourth-order valence-electron chi connectivity index (χ4n) is 3.43. The van der Waals surface area contributed by atoms with Gasteiger partial charge in [-0.1, -0.05) is 0 Å². The maximum Gasteiger partial charge on any atom is 0.324 e. The molecule has 2 aliphatic rings. The summed E-state index contributed by atoms with van der Waals surface area (Å²) in [5, 5.41) is 12.9. The Kier molecular flexibility index (Phi) is 5.18. The number of carbonyl (C=O) groups is 1. The fraction of sp³-hybridized carbons (Fsp3) is 0.286. The number of aromatic nitrogens is 4. The summed E-state index contributed by atoms with van der Waals surface area (Å²) in [5.41, 5.74) is 1.84. The number of aliphatic hydroxyl groups is 1. The van der Waals surface area contributed by atoms with Gasteiger partial charge in [-0.05, 0) is 38.1 Å². The van der Waals surface area contributed by atoms with Crippen molar-refractivity contribution in [3.05, 3.63) is 48.4 Å². The molecule has 1 amide bonds. The number of carbonyl (C=O) groups excluding carboxylic acids is 1. The Labute approximate surface area is 184 Å². The van der Waals surface area contributed by atoms with Crippen molar-refractivity contribution in [3.63, 3.8) is 0 Å². The molecule has 1 aromatic carbocycles. The van der Waals surface area contributed by atoms with E-state index in [4.69, 9.17) is 4.28 Å². The predicted octanol–water partition coefficient (Wildman–Crippen LogP) is 1.43. The van der Waals surface area contributed by atoms with Crippen molar-refractivity contribution in [1.29, 1.82) is 0 Å². The number of fused-ring (bicyclic) bond motifs is 2. The van der Waals surface area contributed by atoms with Crippen LogP contribution in [-0.2, 0) is 17.2 Å². The van der Waals surface area contributed by atoms with Gasteiger partial charge in [0.2, 0.25) is 0 Å². The summed E-state index contributed by atoms with van der Waals surface area (Å²) in [6.07, 6.45) is 5.77. The van der Waals surface area contributed by atoms with Crippen LogP contribution in [0.15, 0.2) is 42.9 Å². The van der Waals surface area contributed by atoms with E-state index in [0.29, 0.717) is 33.7 Å². The van der Waals surface area contributed by atoms with E-state index in [9.17, 15) is 18.3 Å². The molecule has 10 nitrogen and oxygen atoms in total. The first-order valence-electron chi connectivity index (χ1n) is 9.74. The Balaban J connectivity index is 1.90. The molecule has 4 rings (SSSR count). The Morgan fingerprint density at radius 3 is 2.66 bits per heavy atom. The van der Waals surface area contributed by atoms with Gasteiger partial charge in [0, 0.05) is 41.5 Å². The lowest BCUT2D eigenvalue weighted by Crippen LogP contribution is -2.46. The maximum absolute atomic E-state index is 12.8. The van der Waals surface area contributed by atoms with Crippen LogP contribution in [0.25, 0.3) is 33.7 Å². The van der Waals surface area contributed by atoms with E-state index in [1.807, 2.05) is 17.8 Å². The highest BCUT2D eigenvalue weighted by atomic mass is 32.2. The van der Waals surface area contributed by atoms with Crippen LogP contribution in [0.5, 0.6) is 0 Å². The first kappa shape index (κ1) is 21.8. The van der Waals surface area contributed by atoms with E-state index in [1.54, 1.807) is 38.1 Å². The fourth-order valence-corrected chi connectivity index (χ4v) is 3.86. The molecule has 3 heterocycles. The first-order valence-corrected chi connectivity index (χ1v) is 11.6. The lowest BCUT2D eigenvalue weighted by atomic mass is 10.0. The molecule has 0 fully saturated rings. The largest absolute Gasteiger partial charge is 0.394 e. The lowest BCUT2D eigenvalue weighted by Gasteiger charge is -2.23. The Hall–Kier alpha value is -3.44. The van der Waals surface area contributed by atoms with Gasteiger partial charge >= 0.3 is 10.1 Å². The van der Waals surface area contributed by atoms with Gasteiger partial charge in [-0.2, -0.15) is 13.1 Å². The summed E-state index contributed by atoms with van der Waals surface area (Å²) in [4.78, 5) is 21.2. The summed E-state index contributed by atoms with van der Waals surface area (Å²) in [6.45, 7) is 3.23. The van der Waals surface area contributed by atoms with Gasteiger partial charge in [0.15, 0.2) is 5.82 Å². The van der Waals surface area contributed by atoms with Crippen LogP contribution in [0.2, 0.25) is 0 Å². The molecule has 1 aromatic heterocycles. The number of hydrogen-bond acceptors (Lipinski definition) is 7. The van der Waals surface area contributed by atoms with Gasteiger partial charge < -0.3 is 15.0 Å². The number of hydrogen-bond donors (Lipinski definition) is 2. The molecule has 2 N–H and O–H groups in total. The smallest absolute Gasteiger partial charge is 0.324 e. The van der Waals surface area contributed by atoms with Crippen molar-refractivity contribution in [1.82, 2.24) is 24.6 Å². The highest BCUT2D eigenvalue weighted by Gasteiger charge is 2.24. The SMILES string of the molecule is Cn1cc(-c2cnc3nccc-3n2OS(C)(=O)=O)c2cc(C(=O)NC(C)(C)CO)ccc21. The average Bonchev–Trinajstić information content (AvgIpc) is 3.31. The van der Waals surface area contributed by atoms with Crippen molar-refractivity contribution < 1.29 is 22.6 Å². The van der Waals surface area contributed by atoms with Crippen LogP contribution < -0.4 is 9.60 Å². The second-order valence-electron chi connectivity index (χ2n) is 8.25. The number of nitrogens with one attached hydrogen (secondary N) is 1. The van der Waals surface area contributed by atoms with Gasteiger partial charge in [-0.3, -0.25) is 9.08 Å². The summed E-state index contributed by atoms with van der Waals surface area (Å²) in [7, 11) is -2.01. The normalized spacial score (nSPS) is 12.4. The topological polar surface area (TPSA) is 128 Å². The standard InChI is InChI=1S/C21H23N5O5S/c1-21(2,12-27)24-20(28)13-5-6-16-14(9-13)15(11-25(16)3)18-10-23-19-17(7-8-22-19)26(18)31-32(4,29)30/h5-11,27H,12H2,1-4H3,(H,24,28). The minimum absolute atomic E-state index is 0.209. The molecule has 0 saturated carbocycles. The third-order valence-electron chi connectivity index (χ3n) is 4.99. The molecule has 0 bridgehead atoms. The summed E-state index contributed by atoms with van der Waals surface area (Å²) in [6, 6.07) is 6.82. The van der Waals surface area contributed by atoms with Crippen molar-refractivity contribution in [3.8, 4) is 22.8 Å². The quantitative estimate of drug-likeness (QED) is 0.448. The summed E-state index contributed by atoms with van der Waals surface area (Å²) in [5.74, 6) is -0.00114. The average molecular weight is 458 g/mol. The van der Waals surface area contributed by atoms with Crippen molar-refractivity contribution >= 4 is 26.9 Å². The molecule has 2 aliphatic heterocycles. The molecule has 0 atom stereocenters. The van der Waals surface area contributed by atoms with Crippen molar-refractivity contribution in [2.24, 2.45) is 7.05 Å². The molecule has 0 saturated heterocycles. The molecule has 0 spiro atoms. The lowest BCUT2D eigenvalue weighted by molar-refractivity contribution is 0.0869. The maximum atomic E-state index is 12.8. The zero-order valence-corrected chi connectivity index (χ0v) is 18.8. The number of nitrogens with zero attached hydrogens (tertiary/aromatic N) is 4. The molecular weight excluding hydrogens is 434 g/mol. The first-order chi connectivity index (χ1) is 15.0. The van der Waals surface area contributed by atoms with Gasteiger partial charge in [-0.25, -0.2) is 9.97 Å². The number of rotatable bonds is 6. The van der Waals surface area contributed by atoms with Gasteiger partial charge in [0.1, 0.15) is 11.4 Å². The number of aryl methyl sites for hydroxylation is 1. The molecule has 0 radical (unpaired) electrons. The minimum Gasteiger partial charge on any atom is -0.394 e. The van der Waals surface area contributed by atoms with Crippen molar-refractivity contribution in [2.45, 2.75) is 19.4 Å². The van der Waals surface area contributed by atoms with E-state index in [0.717, 1.165) is 11.8 Å². The molecule has 0 aliphatic carbocycles. The van der Waals surface area contributed by atoms with E-state index in [2.05, 4.69) is 15.3 Å². The molecular formula is C21H23N5O5S. The highest BCUT2D eigenvalue weighted by molar-refractivity contribution is 7.86. The van der Waals surface area contributed by atoms with Crippen LogP contribution in [0, 0.1) is 0 Å². The third-order valence-corrected chi connectivity index (χ3v) is 5.41. The molecule has 32 heavy (non-hydrogen) atoms. The van der Waals surface area contributed by atoms with Crippen molar-refractivity contribution in [2.75, 3.05) is 12.9 Å². The van der Waals surface area contributed by atoms with E-state index < -0.39 is 15.7 Å². The van der Waals surface area contributed by atoms with Crippen LogP contribution in [0.3, 0.4) is 0 Å². The second kappa shape index (κ2) is 7.61. The van der Waals surface area contributed by atoms with Gasteiger partial charge in [0.25, 0.3) is 5.91 Å². The Bertz CT molecular complexity index is 1400. The predicted molar refractivity (Wildman–Crippen MR) is 119 cm³/mol. The van der Waals surface area contributed by atoms with E-state index >= 15 is 0 Å². The molecule has 11 heteroatoms. The molecule has 0 unspecified atom stereocenters. The van der Waals surface area contributed by atoms with E-state index in [-0.39, 0.29) is 12.5 Å².